The lowest BCUT2D eigenvalue weighted by molar-refractivity contribution is 0.105. The van der Waals surface area contributed by atoms with E-state index in [4.69, 9.17) is 10.00 Å². The van der Waals surface area contributed by atoms with Crippen LogP contribution in [0.2, 0.25) is 0 Å². The second-order valence-electron chi connectivity index (χ2n) is 3.84. The van der Waals surface area contributed by atoms with E-state index in [0.717, 1.165) is 0 Å². The Morgan fingerprint density at radius 2 is 1.84 bits per heavy atom. The van der Waals surface area contributed by atoms with Crippen LogP contribution in [-0.2, 0) is 6.61 Å². The number of rotatable bonds is 4. The molecule has 0 aliphatic heterocycles. The van der Waals surface area contributed by atoms with Crippen molar-refractivity contribution < 1.29 is 13.9 Å². The van der Waals surface area contributed by atoms with E-state index in [2.05, 4.69) is 0 Å². The van der Waals surface area contributed by atoms with E-state index in [0.29, 0.717) is 16.9 Å². The largest absolute Gasteiger partial charge is 0.489 e. The molecule has 0 bridgehead atoms. The quantitative estimate of drug-likeness (QED) is 0.623. The predicted molar refractivity (Wildman–Crippen MR) is 67.1 cm³/mol. The Hall–Kier alpha value is -2.67. The van der Waals surface area contributed by atoms with E-state index in [1.807, 2.05) is 0 Å². The molecule has 0 radical (unpaired) electrons. The lowest BCUT2D eigenvalue weighted by Crippen LogP contribution is -2.04. The monoisotopic (exact) mass is 255 g/mol. The standard InChI is InChI=1S/C15H10FNO2/c16-12-5-7-13(8-6-12)19-10-11-3-1-2-4-14(11)15(18)9-17/h1-8H,10H2. The molecule has 2 aromatic carbocycles. The van der Waals surface area contributed by atoms with Gasteiger partial charge in [-0.05, 0) is 30.3 Å². The van der Waals surface area contributed by atoms with Crippen LogP contribution in [0, 0.1) is 17.1 Å². The maximum absolute atomic E-state index is 12.7. The van der Waals surface area contributed by atoms with Gasteiger partial charge in [0.05, 0.1) is 0 Å². The van der Waals surface area contributed by atoms with Crippen LogP contribution in [0.15, 0.2) is 48.5 Å². The fourth-order valence-electron chi connectivity index (χ4n) is 1.62. The van der Waals surface area contributed by atoms with Gasteiger partial charge in [0.2, 0.25) is 0 Å². The van der Waals surface area contributed by atoms with Gasteiger partial charge >= 0.3 is 0 Å². The zero-order valence-corrected chi connectivity index (χ0v) is 9.97. The summed E-state index contributed by atoms with van der Waals surface area (Å²) in [5.41, 5.74) is 0.950. The highest BCUT2D eigenvalue weighted by molar-refractivity contribution is 6.08. The molecular formula is C15H10FNO2. The maximum atomic E-state index is 12.7. The summed E-state index contributed by atoms with van der Waals surface area (Å²) in [6.07, 6.45) is 0. The molecule has 0 saturated carbocycles. The highest BCUT2D eigenvalue weighted by Gasteiger charge is 2.10. The summed E-state index contributed by atoms with van der Waals surface area (Å²) >= 11 is 0. The number of carbonyl (C=O) groups is 1. The summed E-state index contributed by atoms with van der Waals surface area (Å²) in [5, 5.41) is 8.65. The molecule has 0 heterocycles. The van der Waals surface area contributed by atoms with Crippen LogP contribution in [0.5, 0.6) is 5.75 Å². The molecule has 0 saturated heterocycles. The molecule has 2 aromatic rings. The molecule has 0 N–H and O–H groups in total. The highest BCUT2D eigenvalue weighted by atomic mass is 19.1. The van der Waals surface area contributed by atoms with Crippen molar-refractivity contribution in [2.24, 2.45) is 0 Å². The van der Waals surface area contributed by atoms with Crippen LogP contribution in [0.25, 0.3) is 0 Å². The third-order valence-corrected chi connectivity index (χ3v) is 2.57. The zero-order valence-electron chi connectivity index (χ0n) is 9.97. The van der Waals surface area contributed by atoms with Gasteiger partial charge in [0.25, 0.3) is 5.78 Å². The van der Waals surface area contributed by atoms with Crippen LogP contribution in [0.4, 0.5) is 4.39 Å². The van der Waals surface area contributed by atoms with Crippen molar-refractivity contribution in [2.45, 2.75) is 6.61 Å². The Bertz CT molecular complexity index is 629. The molecular weight excluding hydrogens is 245 g/mol. The number of benzene rings is 2. The highest BCUT2D eigenvalue weighted by Crippen LogP contribution is 2.16. The summed E-state index contributed by atoms with van der Waals surface area (Å²) in [6, 6.07) is 13.9. The van der Waals surface area contributed by atoms with Crippen molar-refractivity contribution in [2.75, 3.05) is 0 Å². The fourth-order valence-corrected chi connectivity index (χ4v) is 1.62. The topological polar surface area (TPSA) is 50.1 Å². The molecule has 19 heavy (non-hydrogen) atoms. The van der Waals surface area contributed by atoms with Gasteiger partial charge in [0.1, 0.15) is 24.2 Å². The molecule has 3 nitrogen and oxygen atoms in total. The summed E-state index contributed by atoms with van der Waals surface area (Å²) in [4.78, 5) is 11.4. The van der Waals surface area contributed by atoms with Gasteiger partial charge in [-0.25, -0.2) is 4.39 Å². The van der Waals surface area contributed by atoms with E-state index in [-0.39, 0.29) is 12.4 Å². The first-order valence-electron chi connectivity index (χ1n) is 5.61. The van der Waals surface area contributed by atoms with Gasteiger partial charge in [-0.1, -0.05) is 18.2 Å². The minimum absolute atomic E-state index is 0.148. The number of hydrogen-bond acceptors (Lipinski definition) is 3. The molecule has 0 aliphatic carbocycles. The maximum Gasteiger partial charge on any atom is 0.262 e. The Kier molecular flexibility index (Phi) is 3.89. The predicted octanol–water partition coefficient (Wildman–Crippen LogP) is 3.11. The Morgan fingerprint density at radius 3 is 2.53 bits per heavy atom. The normalized spacial score (nSPS) is 9.68. The van der Waals surface area contributed by atoms with Crippen molar-refractivity contribution in [1.82, 2.24) is 0 Å². The molecule has 0 atom stereocenters. The number of ether oxygens (including phenoxy) is 1. The fraction of sp³-hybridized carbons (Fsp3) is 0.0667. The first-order chi connectivity index (χ1) is 9.20. The van der Waals surface area contributed by atoms with Gasteiger partial charge in [0, 0.05) is 11.1 Å². The third kappa shape index (κ3) is 3.17. The molecule has 0 spiro atoms. The molecule has 0 amide bonds. The van der Waals surface area contributed by atoms with E-state index >= 15 is 0 Å². The smallest absolute Gasteiger partial charge is 0.262 e. The van der Waals surface area contributed by atoms with Crippen molar-refractivity contribution in [3.8, 4) is 11.8 Å². The minimum Gasteiger partial charge on any atom is -0.489 e. The summed E-state index contributed by atoms with van der Waals surface area (Å²) in [7, 11) is 0. The first kappa shape index (κ1) is 12.8. The Labute approximate surface area is 109 Å². The van der Waals surface area contributed by atoms with Gasteiger partial charge < -0.3 is 4.74 Å². The second-order valence-corrected chi connectivity index (χ2v) is 3.84. The van der Waals surface area contributed by atoms with Crippen LogP contribution in [-0.4, -0.2) is 5.78 Å². The molecule has 0 aliphatic rings. The molecule has 0 aromatic heterocycles. The van der Waals surface area contributed by atoms with Crippen molar-refractivity contribution in [3.63, 3.8) is 0 Å². The summed E-state index contributed by atoms with van der Waals surface area (Å²) < 4.78 is 18.2. The zero-order chi connectivity index (χ0) is 13.7. The number of hydrogen-bond donors (Lipinski definition) is 0. The molecule has 0 unspecified atom stereocenters. The van der Waals surface area contributed by atoms with Crippen molar-refractivity contribution >= 4 is 5.78 Å². The van der Waals surface area contributed by atoms with Gasteiger partial charge in [-0.3, -0.25) is 4.79 Å². The van der Waals surface area contributed by atoms with E-state index in [1.54, 1.807) is 30.3 Å². The molecule has 2 rings (SSSR count). The first-order valence-corrected chi connectivity index (χ1v) is 5.61. The van der Waals surface area contributed by atoms with E-state index in [1.165, 1.54) is 24.3 Å². The molecule has 0 fully saturated rings. The van der Waals surface area contributed by atoms with E-state index in [9.17, 15) is 9.18 Å². The van der Waals surface area contributed by atoms with E-state index < -0.39 is 5.78 Å². The number of nitrogens with zero attached hydrogens (tertiary/aromatic N) is 1. The average molecular weight is 255 g/mol. The van der Waals surface area contributed by atoms with Gasteiger partial charge in [-0.2, -0.15) is 5.26 Å². The average Bonchev–Trinajstić information content (AvgIpc) is 2.46. The number of carbonyl (C=O) groups excluding carboxylic acids is 1. The second kappa shape index (κ2) is 5.78. The lowest BCUT2D eigenvalue weighted by Gasteiger charge is -2.08. The van der Waals surface area contributed by atoms with Crippen LogP contribution >= 0.6 is 0 Å². The molecule has 94 valence electrons. The number of ketones is 1. The van der Waals surface area contributed by atoms with Crippen LogP contribution in [0.3, 0.4) is 0 Å². The number of nitriles is 1. The van der Waals surface area contributed by atoms with Gasteiger partial charge in [-0.15, -0.1) is 0 Å². The Morgan fingerprint density at radius 1 is 1.16 bits per heavy atom. The lowest BCUT2D eigenvalue weighted by atomic mass is 10.1. The third-order valence-electron chi connectivity index (χ3n) is 2.57. The molecule has 4 heteroatoms. The van der Waals surface area contributed by atoms with Crippen molar-refractivity contribution in [3.05, 3.63) is 65.5 Å². The minimum atomic E-state index is -0.599. The number of halogens is 1. The van der Waals surface area contributed by atoms with Gasteiger partial charge in [0.15, 0.2) is 0 Å². The summed E-state index contributed by atoms with van der Waals surface area (Å²) in [5.74, 6) is -0.439. The Balaban J connectivity index is 2.14. The van der Waals surface area contributed by atoms with Crippen LogP contribution < -0.4 is 4.74 Å². The SMILES string of the molecule is N#CC(=O)c1ccccc1COc1ccc(F)cc1. The number of Topliss-reactive ketones (excluding diaryl/α,β-unsaturated/α-hetero) is 1. The van der Waals surface area contributed by atoms with Crippen molar-refractivity contribution in [1.29, 1.82) is 5.26 Å². The summed E-state index contributed by atoms with van der Waals surface area (Å²) in [6.45, 7) is 0.148. The van der Waals surface area contributed by atoms with Crippen LogP contribution in [0.1, 0.15) is 15.9 Å².